The fraction of sp³-hybridized carbons (Fsp3) is 0.625. The van der Waals surface area contributed by atoms with Crippen LogP contribution in [0, 0.1) is 0 Å². The largest absolute Gasteiger partial charge is 0.480 e. The first-order chi connectivity index (χ1) is 6.57. The number of hydrogen-bond acceptors (Lipinski definition) is 4. The van der Waals surface area contributed by atoms with E-state index in [1.807, 2.05) is 0 Å². The van der Waals surface area contributed by atoms with Gasteiger partial charge in [0.2, 0.25) is 5.91 Å². The second-order valence-corrected chi connectivity index (χ2v) is 2.86. The zero-order chi connectivity index (χ0) is 10.7. The first-order valence-corrected chi connectivity index (χ1v) is 4.29. The van der Waals surface area contributed by atoms with E-state index >= 15 is 0 Å². The molecule has 6 heteroatoms. The van der Waals surface area contributed by atoms with E-state index in [1.54, 1.807) is 6.92 Å². The molecule has 0 spiro atoms. The highest BCUT2D eigenvalue weighted by molar-refractivity contribution is 5.99. The predicted octanol–water partition coefficient (Wildman–Crippen LogP) is 0.219. The molecule has 1 aliphatic heterocycles. The molecule has 0 aliphatic carbocycles. The smallest absolute Gasteiger partial charge is 0.417 e. The lowest BCUT2D eigenvalue weighted by Crippen LogP contribution is -2.43. The summed E-state index contributed by atoms with van der Waals surface area (Å²) in [7, 11) is 0. The lowest BCUT2D eigenvalue weighted by molar-refractivity contribution is -0.145. The SMILES string of the molecule is CCOC(=O)N1C(=O)CC[C@H]1C(=O)O. The minimum Gasteiger partial charge on any atom is -0.480 e. The number of carboxylic acid groups (broad SMARTS) is 1. The van der Waals surface area contributed by atoms with Gasteiger partial charge in [-0.2, -0.15) is 0 Å². The number of aliphatic carboxylic acids is 1. The van der Waals surface area contributed by atoms with E-state index in [2.05, 4.69) is 4.74 Å². The van der Waals surface area contributed by atoms with Gasteiger partial charge in [0.25, 0.3) is 0 Å². The van der Waals surface area contributed by atoms with Gasteiger partial charge in [0.15, 0.2) is 0 Å². The highest BCUT2D eigenvalue weighted by Gasteiger charge is 2.41. The molecule has 0 aromatic rings. The molecule has 0 bridgehead atoms. The molecule has 2 amide bonds. The summed E-state index contributed by atoms with van der Waals surface area (Å²) in [5.41, 5.74) is 0. The van der Waals surface area contributed by atoms with E-state index in [0.29, 0.717) is 4.90 Å². The van der Waals surface area contributed by atoms with E-state index in [0.717, 1.165) is 0 Å². The lowest BCUT2D eigenvalue weighted by Gasteiger charge is -2.18. The van der Waals surface area contributed by atoms with Crippen molar-refractivity contribution in [1.29, 1.82) is 0 Å². The Hall–Kier alpha value is -1.59. The average molecular weight is 201 g/mol. The predicted molar refractivity (Wildman–Crippen MR) is 44.5 cm³/mol. The molecule has 1 atom stereocenters. The Morgan fingerprint density at radius 2 is 2.29 bits per heavy atom. The normalized spacial score (nSPS) is 21.1. The van der Waals surface area contributed by atoms with Crippen LogP contribution >= 0.6 is 0 Å². The molecular formula is C8H11NO5. The molecule has 1 fully saturated rings. The van der Waals surface area contributed by atoms with Crippen molar-refractivity contribution in [3.8, 4) is 0 Å². The minimum absolute atomic E-state index is 0.0791. The van der Waals surface area contributed by atoms with Gasteiger partial charge in [0, 0.05) is 6.42 Å². The van der Waals surface area contributed by atoms with Gasteiger partial charge in [-0.05, 0) is 13.3 Å². The molecule has 1 aliphatic rings. The third-order valence-corrected chi connectivity index (χ3v) is 1.96. The van der Waals surface area contributed by atoms with Crippen molar-refractivity contribution in [3.63, 3.8) is 0 Å². The van der Waals surface area contributed by atoms with Crippen LogP contribution in [-0.2, 0) is 14.3 Å². The van der Waals surface area contributed by atoms with Crippen LogP contribution in [0.15, 0.2) is 0 Å². The number of nitrogens with zero attached hydrogens (tertiary/aromatic N) is 1. The third-order valence-electron chi connectivity index (χ3n) is 1.96. The number of hydrogen-bond donors (Lipinski definition) is 1. The van der Waals surface area contributed by atoms with Gasteiger partial charge in [-0.3, -0.25) is 4.79 Å². The monoisotopic (exact) mass is 201 g/mol. The first kappa shape index (κ1) is 10.5. The maximum Gasteiger partial charge on any atom is 0.417 e. The van der Waals surface area contributed by atoms with Gasteiger partial charge in [-0.15, -0.1) is 0 Å². The summed E-state index contributed by atoms with van der Waals surface area (Å²) in [4.78, 5) is 33.7. The minimum atomic E-state index is -1.18. The molecule has 0 aromatic carbocycles. The van der Waals surface area contributed by atoms with E-state index < -0.39 is 24.0 Å². The summed E-state index contributed by atoms with van der Waals surface area (Å²) in [6, 6.07) is -1.07. The zero-order valence-electron chi connectivity index (χ0n) is 7.73. The standard InChI is InChI=1S/C8H11NO5/c1-2-14-8(13)9-5(7(11)12)3-4-6(9)10/h5H,2-4H2,1H3,(H,11,12)/t5-/m0/s1. The van der Waals surface area contributed by atoms with Crippen LogP contribution in [0.1, 0.15) is 19.8 Å². The van der Waals surface area contributed by atoms with E-state index in [9.17, 15) is 14.4 Å². The lowest BCUT2D eigenvalue weighted by atomic mass is 10.2. The topological polar surface area (TPSA) is 83.9 Å². The number of amides is 2. The summed E-state index contributed by atoms with van der Waals surface area (Å²) in [5, 5.41) is 8.72. The van der Waals surface area contributed by atoms with E-state index in [-0.39, 0.29) is 19.4 Å². The Balaban J connectivity index is 2.76. The highest BCUT2D eigenvalue weighted by atomic mass is 16.6. The molecule has 0 saturated carbocycles. The van der Waals surface area contributed by atoms with Crippen LogP contribution in [0.25, 0.3) is 0 Å². The second kappa shape index (κ2) is 4.08. The number of ether oxygens (including phenoxy) is 1. The molecule has 1 saturated heterocycles. The van der Waals surface area contributed by atoms with Gasteiger partial charge in [0.05, 0.1) is 6.61 Å². The van der Waals surface area contributed by atoms with E-state index in [1.165, 1.54) is 0 Å². The fourth-order valence-electron chi connectivity index (χ4n) is 1.34. The Morgan fingerprint density at radius 1 is 1.64 bits per heavy atom. The van der Waals surface area contributed by atoms with Crippen LogP contribution in [0.2, 0.25) is 0 Å². The van der Waals surface area contributed by atoms with Gasteiger partial charge in [-0.1, -0.05) is 0 Å². The molecule has 14 heavy (non-hydrogen) atoms. The number of carbonyl (C=O) groups is 3. The van der Waals surface area contributed by atoms with Crippen molar-refractivity contribution in [2.24, 2.45) is 0 Å². The van der Waals surface area contributed by atoms with Crippen molar-refractivity contribution in [2.45, 2.75) is 25.8 Å². The number of rotatable bonds is 2. The summed E-state index contributed by atoms with van der Waals surface area (Å²) in [6.07, 6.45) is -0.634. The molecule has 6 nitrogen and oxygen atoms in total. The summed E-state index contributed by atoms with van der Waals surface area (Å²) >= 11 is 0. The number of imide groups is 1. The molecule has 1 rings (SSSR count). The van der Waals surface area contributed by atoms with Crippen molar-refractivity contribution in [1.82, 2.24) is 4.90 Å². The van der Waals surface area contributed by atoms with E-state index in [4.69, 9.17) is 5.11 Å². The van der Waals surface area contributed by atoms with Crippen LogP contribution in [0.5, 0.6) is 0 Å². The number of carboxylic acids is 1. The van der Waals surface area contributed by atoms with Crippen LogP contribution in [-0.4, -0.2) is 40.6 Å². The van der Waals surface area contributed by atoms with Crippen molar-refractivity contribution >= 4 is 18.0 Å². The summed E-state index contributed by atoms with van der Waals surface area (Å²) in [5.74, 6) is -1.67. The number of carbonyl (C=O) groups excluding carboxylic acids is 2. The molecule has 0 unspecified atom stereocenters. The zero-order valence-corrected chi connectivity index (χ0v) is 7.73. The molecule has 0 aromatic heterocycles. The Bertz CT molecular complexity index is 275. The van der Waals surface area contributed by atoms with Crippen LogP contribution < -0.4 is 0 Å². The molecule has 0 radical (unpaired) electrons. The number of likely N-dealkylation sites (tertiary alicyclic amines) is 1. The molecule has 1 N–H and O–H groups in total. The molecule has 78 valence electrons. The highest BCUT2D eigenvalue weighted by Crippen LogP contribution is 2.19. The Morgan fingerprint density at radius 3 is 2.79 bits per heavy atom. The third kappa shape index (κ3) is 1.84. The maximum atomic E-state index is 11.2. The summed E-state index contributed by atoms with van der Waals surface area (Å²) in [6.45, 7) is 1.71. The van der Waals surface area contributed by atoms with Gasteiger partial charge in [-0.25, -0.2) is 14.5 Å². The van der Waals surface area contributed by atoms with Crippen molar-refractivity contribution < 1.29 is 24.2 Å². The Labute approximate surface area is 80.4 Å². The van der Waals surface area contributed by atoms with Crippen molar-refractivity contribution in [2.75, 3.05) is 6.61 Å². The Kier molecular flexibility index (Phi) is 3.06. The van der Waals surface area contributed by atoms with Gasteiger partial charge < -0.3 is 9.84 Å². The maximum absolute atomic E-state index is 11.2. The second-order valence-electron chi connectivity index (χ2n) is 2.86. The van der Waals surface area contributed by atoms with Crippen LogP contribution in [0.3, 0.4) is 0 Å². The molecule has 1 heterocycles. The van der Waals surface area contributed by atoms with Gasteiger partial charge >= 0.3 is 12.1 Å². The molecular weight excluding hydrogens is 190 g/mol. The fourth-order valence-corrected chi connectivity index (χ4v) is 1.34. The summed E-state index contributed by atoms with van der Waals surface area (Å²) < 4.78 is 4.58. The van der Waals surface area contributed by atoms with Gasteiger partial charge in [0.1, 0.15) is 6.04 Å². The van der Waals surface area contributed by atoms with Crippen molar-refractivity contribution in [3.05, 3.63) is 0 Å². The quantitative estimate of drug-likeness (QED) is 0.690. The van der Waals surface area contributed by atoms with Crippen LogP contribution in [0.4, 0.5) is 4.79 Å². The average Bonchev–Trinajstić information content (AvgIpc) is 2.47. The first-order valence-electron chi connectivity index (χ1n) is 4.29.